The molecule has 1 heterocycles. The van der Waals surface area contributed by atoms with E-state index < -0.39 is 0 Å². The normalized spacial score (nSPS) is 10.3. The summed E-state index contributed by atoms with van der Waals surface area (Å²) in [6.45, 7) is 3.92. The van der Waals surface area contributed by atoms with Crippen LogP contribution in [-0.2, 0) is 11.2 Å². The molecule has 8 heteroatoms. The molecule has 0 saturated heterocycles. The molecule has 0 radical (unpaired) electrons. The zero-order valence-electron chi connectivity index (χ0n) is 13.6. The lowest BCUT2D eigenvalue weighted by atomic mass is 10.1. The molecular weight excluding hydrogens is 330 g/mol. The highest BCUT2D eigenvalue weighted by atomic mass is 35.5. The maximum atomic E-state index is 11.9. The van der Waals surface area contributed by atoms with Gasteiger partial charge in [-0.3, -0.25) is 9.89 Å². The Hall–Kier alpha value is -2.54. The van der Waals surface area contributed by atoms with Crippen molar-refractivity contribution in [3.8, 4) is 0 Å². The van der Waals surface area contributed by atoms with E-state index >= 15 is 0 Å². The molecule has 24 heavy (non-hydrogen) atoms. The number of aryl methyl sites for hydroxylation is 2. The van der Waals surface area contributed by atoms with Crippen LogP contribution in [0.3, 0.4) is 0 Å². The van der Waals surface area contributed by atoms with Crippen molar-refractivity contribution in [3.05, 3.63) is 40.7 Å². The number of carbonyl (C=O) groups excluding carboxylic acids is 2. The topological polar surface area (TPSA) is 98.9 Å². The number of anilines is 2. The number of aromatic amines is 1. The monoisotopic (exact) mass is 349 g/mol. The van der Waals surface area contributed by atoms with Gasteiger partial charge in [-0.1, -0.05) is 11.6 Å². The predicted octanol–water partition coefficient (Wildman–Crippen LogP) is 3.08. The van der Waals surface area contributed by atoms with E-state index in [0.717, 1.165) is 24.1 Å². The molecule has 4 N–H and O–H groups in total. The number of rotatable bonds is 6. The summed E-state index contributed by atoms with van der Waals surface area (Å²) in [6, 6.07) is 4.59. The van der Waals surface area contributed by atoms with E-state index in [9.17, 15) is 9.59 Å². The first-order valence-corrected chi connectivity index (χ1v) is 7.94. The standard InChI is InChI=1S/C16H20ClN5O2/c1-10-12(9-19-22-10)4-3-7-18-16(24)21-13-5-6-15(14(17)8-13)20-11(2)23/h5-6,8-9H,3-4,7H2,1-2H3,(H,19,22)(H,20,23)(H2,18,21,24). The van der Waals surface area contributed by atoms with Gasteiger partial charge in [-0.15, -0.1) is 0 Å². The second-order valence-electron chi connectivity index (χ2n) is 5.38. The van der Waals surface area contributed by atoms with Crippen LogP contribution in [0.15, 0.2) is 24.4 Å². The number of hydrogen-bond donors (Lipinski definition) is 4. The van der Waals surface area contributed by atoms with Crippen molar-refractivity contribution in [2.75, 3.05) is 17.2 Å². The molecule has 0 aliphatic heterocycles. The minimum Gasteiger partial charge on any atom is -0.338 e. The van der Waals surface area contributed by atoms with Gasteiger partial charge in [0.2, 0.25) is 5.91 Å². The molecule has 0 spiro atoms. The van der Waals surface area contributed by atoms with E-state index in [-0.39, 0.29) is 11.9 Å². The summed E-state index contributed by atoms with van der Waals surface area (Å²) < 4.78 is 0. The SMILES string of the molecule is CC(=O)Nc1ccc(NC(=O)NCCCc2cn[nH]c2C)cc1Cl. The van der Waals surface area contributed by atoms with Gasteiger partial charge < -0.3 is 16.0 Å². The highest BCUT2D eigenvalue weighted by Crippen LogP contribution is 2.25. The molecule has 7 nitrogen and oxygen atoms in total. The van der Waals surface area contributed by atoms with Gasteiger partial charge in [0.15, 0.2) is 0 Å². The van der Waals surface area contributed by atoms with Gasteiger partial charge in [-0.05, 0) is 43.5 Å². The number of amides is 3. The molecule has 128 valence electrons. The Morgan fingerprint density at radius 2 is 2.08 bits per heavy atom. The van der Waals surface area contributed by atoms with E-state index in [1.807, 2.05) is 6.92 Å². The molecule has 1 aromatic carbocycles. The summed E-state index contributed by atoms with van der Waals surface area (Å²) in [7, 11) is 0. The number of halogens is 1. The van der Waals surface area contributed by atoms with Gasteiger partial charge >= 0.3 is 6.03 Å². The minimum absolute atomic E-state index is 0.205. The predicted molar refractivity (Wildman–Crippen MR) is 94.4 cm³/mol. The van der Waals surface area contributed by atoms with Crippen molar-refractivity contribution >= 4 is 34.9 Å². The molecule has 0 bridgehead atoms. The maximum Gasteiger partial charge on any atom is 0.319 e. The van der Waals surface area contributed by atoms with E-state index in [1.54, 1.807) is 24.4 Å². The van der Waals surface area contributed by atoms with Crippen molar-refractivity contribution in [3.63, 3.8) is 0 Å². The fourth-order valence-electron chi connectivity index (χ4n) is 2.17. The second kappa shape index (κ2) is 8.35. The summed E-state index contributed by atoms with van der Waals surface area (Å²) in [5, 5.41) is 15.3. The lowest BCUT2D eigenvalue weighted by Crippen LogP contribution is -2.29. The van der Waals surface area contributed by atoms with E-state index in [2.05, 4.69) is 26.1 Å². The largest absolute Gasteiger partial charge is 0.338 e. The van der Waals surface area contributed by atoms with Crippen LogP contribution in [0, 0.1) is 6.92 Å². The number of aromatic nitrogens is 2. The fourth-order valence-corrected chi connectivity index (χ4v) is 2.40. The second-order valence-corrected chi connectivity index (χ2v) is 5.79. The van der Waals surface area contributed by atoms with Crippen LogP contribution >= 0.6 is 11.6 Å². The van der Waals surface area contributed by atoms with Crippen LogP contribution in [0.1, 0.15) is 24.6 Å². The Bertz CT molecular complexity index is 729. The summed E-state index contributed by atoms with van der Waals surface area (Å²) in [4.78, 5) is 22.9. The first kappa shape index (κ1) is 17.8. The molecule has 0 aliphatic carbocycles. The first-order valence-electron chi connectivity index (χ1n) is 7.56. The molecule has 2 rings (SSSR count). The fraction of sp³-hybridized carbons (Fsp3) is 0.312. The van der Waals surface area contributed by atoms with E-state index in [0.29, 0.717) is 22.9 Å². The number of benzene rings is 1. The third-order valence-electron chi connectivity index (χ3n) is 3.38. The summed E-state index contributed by atoms with van der Waals surface area (Å²) in [5.41, 5.74) is 3.26. The van der Waals surface area contributed by atoms with Crippen molar-refractivity contribution in [2.24, 2.45) is 0 Å². The van der Waals surface area contributed by atoms with Gasteiger partial charge in [-0.2, -0.15) is 5.10 Å². The number of nitrogens with one attached hydrogen (secondary N) is 4. The molecule has 3 amide bonds. The number of nitrogens with zero attached hydrogens (tertiary/aromatic N) is 1. The van der Waals surface area contributed by atoms with Gasteiger partial charge in [0.1, 0.15) is 0 Å². The van der Waals surface area contributed by atoms with Crippen molar-refractivity contribution < 1.29 is 9.59 Å². The van der Waals surface area contributed by atoms with Crippen molar-refractivity contribution in [2.45, 2.75) is 26.7 Å². The van der Waals surface area contributed by atoms with Gasteiger partial charge in [0.25, 0.3) is 0 Å². The van der Waals surface area contributed by atoms with Gasteiger partial charge in [-0.25, -0.2) is 4.79 Å². The first-order chi connectivity index (χ1) is 11.5. The quantitative estimate of drug-likeness (QED) is 0.603. The molecule has 0 fully saturated rings. The Morgan fingerprint density at radius 1 is 1.29 bits per heavy atom. The van der Waals surface area contributed by atoms with E-state index in [1.165, 1.54) is 6.92 Å². The summed E-state index contributed by atoms with van der Waals surface area (Å²) >= 11 is 6.06. The highest BCUT2D eigenvalue weighted by Gasteiger charge is 2.06. The summed E-state index contributed by atoms with van der Waals surface area (Å²) in [6.07, 6.45) is 3.46. The van der Waals surface area contributed by atoms with Crippen LogP contribution in [0.5, 0.6) is 0 Å². The third kappa shape index (κ3) is 5.27. The molecule has 0 saturated carbocycles. The molecule has 1 aromatic heterocycles. The Kier molecular flexibility index (Phi) is 6.20. The summed E-state index contributed by atoms with van der Waals surface area (Å²) in [5.74, 6) is -0.205. The number of hydrogen-bond acceptors (Lipinski definition) is 3. The van der Waals surface area contributed by atoms with E-state index in [4.69, 9.17) is 11.6 Å². The Morgan fingerprint density at radius 3 is 2.71 bits per heavy atom. The zero-order chi connectivity index (χ0) is 17.5. The highest BCUT2D eigenvalue weighted by molar-refractivity contribution is 6.34. The molecule has 0 aliphatic rings. The van der Waals surface area contributed by atoms with Crippen LogP contribution in [0.25, 0.3) is 0 Å². The Labute approximate surface area is 145 Å². The molecule has 2 aromatic rings. The number of carbonyl (C=O) groups is 2. The van der Waals surface area contributed by atoms with Gasteiger partial charge in [0, 0.05) is 24.8 Å². The molecule has 0 atom stereocenters. The molecule has 0 unspecified atom stereocenters. The van der Waals surface area contributed by atoms with Crippen LogP contribution in [0.4, 0.5) is 16.2 Å². The number of urea groups is 1. The smallest absolute Gasteiger partial charge is 0.319 e. The molecular formula is C16H20ClN5O2. The average molecular weight is 350 g/mol. The third-order valence-corrected chi connectivity index (χ3v) is 3.69. The maximum absolute atomic E-state index is 11.9. The van der Waals surface area contributed by atoms with Crippen molar-refractivity contribution in [1.29, 1.82) is 0 Å². The lowest BCUT2D eigenvalue weighted by molar-refractivity contribution is -0.114. The van der Waals surface area contributed by atoms with Crippen LogP contribution in [0.2, 0.25) is 5.02 Å². The minimum atomic E-state index is -0.303. The lowest BCUT2D eigenvalue weighted by Gasteiger charge is -2.10. The van der Waals surface area contributed by atoms with Crippen molar-refractivity contribution in [1.82, 2.24) is 15.5 Å². The Balaban J connectivity index is 1.76. The van der Waals surface area contributed by atoms with Crippen LogP contribution in [-0.4, -0.2) is 28.7 Å². The average Bonchev–Trinajstić information content (AvgIpc) is 2.91. The zero-order valence-corrected chi connectivity index (χ0v) is 14.3. The number of H-pyrrole nitrogens is 1. The van der Waals surface area contributed by atoms with Crippen LogP contribution < -0.4 is 16.0 Å². The van der Waals surface area contributed by atoms with Gasteiger partial charge in [0.05, 0.1) is 16.9 Å².